The Morgan fingerprint density at radius 2 is 2.10 bits per heavy atom. The molecule has 1 fully saturated rings. The van der Waals surface area contributed by atoms with E-state index in [0.717, 1.165) is 42.3 Å². The summed E-state index contributed by atoms with van der Waals surface area (Å²) in [5.41, 5.74) is 1.19. The summed E-state index contributed by atoms with van der Waals surface area (Å²) in [4.78, 5) is 34.4. The van der Waals surface area contributed by atoms with E-state index in [4.69, 9.17) is 4.98 Å². The summed E-state index contributed by atoms with van der Waals surface area (Å²) in [5, 5.41) is 1.35. The molecule has 1 amide bonds. The van der Waals surface area contributed by atoms with Gasteiger partial charge in [0.1, 0.15) is 4.83 Å². The second-order valence-corrected chi connectivity index (χ2v) is 12.3. The first-order chi connectivity index (χ1) is 14.3. The molecular formula is C20H27N3O4S3. The first kappa shape index (κ1) is 21.8. The molecule has 0 N–H and O–H groups in total. The number of thiophene rings is 1. The van der Waals surface area contributed by atoms with Crippen LogP contribution in [0.15, 0.2) is 9.95 Å². The first-order valence-corrected chi connectivity index (χ1v) is 14.1. The molecule has 30 heavy (non-hydrogen) atoms. The average molecular weight is 470 g/mol. The van der Waals surface area contributed by atoms with Crippen molar-refractivity contribution in [3.05, 3.63) is 20.8 Å². The fourth-order valence-corrected chi connectivity index (χ4v) is 8.29. The molecule has 2 aromatic heterocycles. The van der Waals surface area contributed by atoms with Crippen molar-refractivity contribution in [3.8, 4) is 0 Å². The van der Waals surface area contributed by atoms with Crippen molar-refractivity contribution >= 4 is 49.1 Å². The predicted octanol–water partition coefficient (Wildman–Crippen LogP) is 2.48. The highest BCUT2D eigenvalue weighted by atomic mass is 32.2. The number of fused-ring (bicyclic) bond motifs is 3. The van der Waals surface area contributed by atoms with E-state index in [2.05, 4.69) is 0 Å². The molecule has 1 saturated heterocycles. The van der Waals surface area contributed by atoms with Crippen LogP contribution >= 0.6 is 23.1 Å². The van der Waals surface area contributed by atoms with Crippen molar-refractivity contribution in [1.29, 1.82) is 0 Å². The van der Waals surface area contributed by atoms with Gasteiger partial charge >= 0.3 is 0 Å². The molecule has 1 aliphatic heterocycles. The van der Waals surface area contributed by atoms with E-state index in [9.17, 15) is 18.0 Å². The van der Waals surface area contributed by atoms with Crippen molar-refractivity contribution in [2.75, 3.05) is 24.3 Å². The Balaban J connectivity index is 1.58. The van der Waals surface area contributed by atoms with Crippen molar-refractivity contribution in [2.24, 2.45) is 0 Å². The summed E-state index contributed by atoms with van der Waals surface area (Å²) in [6.07, 6.45) is 5.52. The maximum Gasteiger partial charge on any atom is 0.263 e. The second-order valence-electron chi connectivity index (χ2n) is 8.09. The van der Waals surface area contributed by atoms with E-state index in [1.165, 1.54) is 22.2 Å². The number of aryl methyl sites for hydroxylation is 2. The van der Waals surface area contributed by atoms with Gasteiger partial charge in [-0.2, -0.15) is 0 Å². The van der Waals surface area contributed by atoms with Gasteiger partial charge in [-0.25, -0.2) is 13.4 Å². The monoisotopic (exact) mass is 469 g/mol. The normalized spacial score (nSPS) is 20.4. The molecule has 3 heterocycles. The third kappa shape index (κ3) is 4.18. The standard InChI is InChI=1S/C20H27N3O4S3/c1-3-9-23-19(25)17-14-6-4-5-7-15(14)29-18(17)21-20(23)28-11-16(24)22(2)13-8-10-30(26,27)12-13/h13H,3-12H2,1-2H3. The molecule has 4 rings (SSSR count). The summed E-state index contributed by atoms with van der Waals surface area (Å²) >= 11 is 2.89. The number of amides is 1. The minimum absolute atomic E-state index is 0.00596. The van der Waals surface area contributed by atoms with Crippen molar-refractivity contribution in [3.63, 3.8) is 0 Å². The number of rotatable bonds is 6. The summed E-state index contributed by atoms with van der Waals surface area (Å²) in [6, 6.07) is -0.264. The molecule has 10 heteroatoms. The highest BCUT2D eigenvalue weighted by Crippen LogP contribution is 2.34. The third-order valence-electron chi connectivity index (χ3n) is 5.96. The molecule has 1 aliphatic carbocycles. The first-order valence-electron chi connectivity index (χ1n) is 10.4. The number of sulfone groups is 1. The van der Waals surface area contributed by atoms with Gasteiger partial charge in [-0.3, -0.25) is 14.2 Å². The zero-order valence-electron chi connectivity index (χ0n) is 17.3. The highest BCUT2D eigenvalue weighted by Gasteiger charge is 2.32. The van der Waals surface area contributed by atoms with Gasteiger partial charge in [0, 0.05) is 24.5 Å². The van der Waals surface area contributed by atoms with Gasteiger partial charge in [0.25, 0.3) is 5.56 Å². The zero-order valence-corrected chi connectivity index (χ0v) is 19.8. The van der Waals surface area contributed by atoms with Crippen LogP contribution in [-0.2, 0) is 34.0 Å². The molecule has 0 bridgehead atoms. The van der Waals surface area contributed by atoms with Crippen LogP contribution in [0.4, 0.5) is 0 Å². The van der Waals surface area contributed by atoms with Crippen LogP contribution in [0.2, 0.25) is 0 Å². The summed E-state index contributed by atoms with van der Waals surface area (Å²) < 4.78 is 25.1. The van der Waals surface area contributed by atoms with E-state index in [-0.39, 0.29) is 34.8 Å². The summed E-state index contributed by atoms with van der Waals surface area (Å²) in [5.74, 6) is 0.176. The number of hydrogen-bond acceptors (Lipinski definition) is 7. The molecule has 0 radical (unpaired) electrons. The van der Waals surface area contributed by atoms with Gasteiger partial charge in [0.2, 0.25) is 5.91 Å². The van der Waals surface area contributed by atoms with E-state index in [1.54, 1.807) is 27.9 Å². The predicted molar refractivity (Wildman–Crippen MR) is 121 cm³/mol. The fraction of sp³-hybridized carbons (Fsp3) is 0.650. The number of carbonyl (C=O) groups is 1. The molecule has 164 valence electrons. The van der Waals surface area contributed by atoms with Gasteiger partial charge < -0.3 is 4.90 Å². The Labute approximate surface area is 184 Å². The van der Waals surface area contributed by atoms with E-state index >= 15 is 0 Å². The lowest BCUT2D eigenvalue weighted by molar-refractivity contribution is -0.128. The van der Waals surface area contributed by atoms with Crippen molar-refractivity contribution < 1.29 is 13.2 Å². The lowest BCUT2D eigenvalue weighted by Gasteiger charge is -2.23. The van der Waals surface area contributed by atoms with Gasteiger partial charge in [0.15, 0.2) is 15.0 Å². The Morgan fingerprint density at radius 3 is 2.80 bits per heavy atom. The topological polar surface area (TPSA) is 89.3 Å². The number of nitrogens with zero attached hydrogens (tertiary/aromatic N) is 3. The van der Waals surface area contributed by atoms with Crippen LogP contribution in [-0.4, -0.2) is 59.1 Å². The van der Waals surface area contributed by atoms with Crippen molar-refractivity contribution in [1.82, 2.24) is 14.5 Å². The van der Waals surface area contributed by atoms with Crippen LogP contribution < -0.4 is 5.56 Å². The molecule has 0 saturated carbocycles. The second kappa shape index (κ2) is 8.63. The maximum atomic E-state index is 13.3. The zero-order chi connectivity index (χ0) is 21.5. The van der Waals surface area contributed by atoms with Crippen molar-refractivity contribution in [2.45, 2.75) is 63.2 Å². The molecule has 1 atom stereocenters. The Bertz CT molecular complexity index is 1140. The van der Waals surface area contributed by atoms with Gasteiger partial charge in [-0.1, -0.05) is 18.7 Å². The largest absolute Gasteiger partial charge is 0.341 e. The minimum Gasteiger partial charge on any atom is -0.341 e. The number of carbonyl (C=O) groups excluding carboxylic acids is 1. The lowest BCUT2D eigenvalue weighted by Crippen LogP contribution is -2.39. The van der Waals surface area contributed by atoms with Gasteiger partial charge in [0.05, 0.1) is 22.6 Å². The van der Waals surface area contributed by atoms with Gasteiger partial charge in [-0.05, 0) is 44.1 Å². The lowest BCUT2D eigenvalue weighted by atomic mass is 9.97. The van der Waals surface area contributed by atoms with E-state index in [1.807, 2.05) is 6.92 Å². The average Bonchev–Trinajstić information content (AvgIpc) is 3.27. The highest BCUT2D eigenvalue weighted by molar-refractivity contribution is 7.99. The smallest absolute Gasteiger partial charge is 0.263 e. The maximum absolute atomic E-state index is 13.3. The summed E-state index contributed by atoms with van der Waals surface area (Å²) in [7, 11) is -1.38. The molecule has 2 aromatic rings. The molecule has 2 aliphatic rings. The SMILES string of the molecule is CCCn1c(SCC(=O)N(C)C2CCS(=O)(=O)C2)nc2sc3c(c2c1=O)CCCC3. The Kier molecular flexibility index (Phi) is 6.28. The van der Waals surface area contributed by atoms with E-state index in [0.29, 0.717) is 18.1 Å². The molecule has 7 nitrogen and oxygen atoms in total. The number of thioether (sulfide) groups is 1. The molecule has 0 aromatic carbocycles. The Hall–Kier alpha value is -1.39. The quantitative estimate of drug-likeness (QED) is 0.477. The van der Waals surface area contributed by atoms with Crippen LogP contribution in [0.3, 0.4) is 0 Å². The molecular weight excluding hydrogens is 442 g/mol. The molecule has 1 unspecified atom stereocenters. The van der Waals surface area contributed by atoms with Gasteiger partial charge in [-0.15, -0.1) is 11.3 Å². The van der Waals surface area contributed by atoms with Crippen LogP contribution in [0.5, 0.6) is 0 Å². The number of aromatic nitrogens is 2. The van der Waals surface area contributed by atoms with E-state index < -0.39 is 9.84 Å². The third-order valence-corrected chi connectivity index (χ3v) is 9.86. The van der Waals surface area contributed by atoms with Crippen LogP contribution in [0.25, 0.3) is 10.2 Å². The summed E-state index contributed by atoms with van der Waals surface area (Å²) in [6.45, 7) is 2.59. The van der Waals surface area contributed by atoms with Crippen LogP contribution in [0, 0.1) is 0 Å². The molecule has 0 spiro atoms. The Morgan fingerprint density at radius 1 is 1.33 bits per heavy atom. The number of hydrogen-bond donors (Lipinski definition) is 0. The minimum atomic E-state index is -3.04. The fourth-order valence-electron chi connectivity index (χ4n) is 4.26. The van der Waals surface area contributed by atoms with Crippen LogP contribution in [0.1, 0.15) is 43.0 Å².